The monoisotopic (exact) mass is 259 g/mol. The molecule has 0 aliphatic heterocycles. The van der Waals surface area contributed by atoms with Gasteiger partial charge in [-0.25, -0.2) is 0 Å². The molecule has 1 fully saturated rings. The summed E-state index contributed by atoms with van der Waals surface area (Å²) in [6, 6.07) is 8.44. The standard InChI is InChI=1S/C17H25NO/c1-13(2)18(12-15-6-7-15)11-10-17(19)16-8-4-14(3)5-9-16/h4-5,8-9,13,15H,6-7,10-12H2,1-3H3. The minimum atomic E-state index is 0.265. The van der Waals surface area contributed by atoms with Gasteiger partial charge in [0.25, 0.3) is 0 Å². The first-order valence-corrected chi connectivity index (χ1v) is 7.40. The van der Waals surface area contributed by atoms with E-state index in [9.17, 15) is 4.79 Å². The minimum absolute atomic E-state index is 0.265. The number of nitrogens with zero attached hydrogens (tertiary/aromatic N) is 1. The molecule has 2 rings (SSSR count). The topological polar surface area (TPSA) is 20.3 Å². The molecule has 0 saturated heterocycles. The highest BCUT2D eigenvalue weighted by Crippen LogP contribution is 2.30. The highest BCUT2D eigenvalue weighted by molar-refractivity contribution is 5.96. The van der Waals surface area contributed by atoms with Gasteiger partial charge in [-0.3, -0.25) is 4.79 Å². The van der Waals surface area contributed by atoms with E-state index < -0.39 is 0 Å². The first kappa shape index (κ1) is 14.3. The summed E-state index contributed by atoms with van der Waals surface area (Å²) < 4.78 is 0. The van der Waals surface area contributed by atoms with Crippen LogP contribution in [0.2, 0.25) is 0 Å². The molecule has 0 unspecified atom stereocenters. The van der Waals surface area contributed by atoms with Crippen LogP contribution < -0.4 is 0 Å². The lowest BCUT2D eigenvalue weighted by atomic mass is 10.1. The lowest BCUT2D eigenvalue weighted by Crippen LogP contribution is -2.34. The molecule has 0 amide bonds. The molecular formula is C17H25NO. The third-order valence-electron chi connectivity index (χ3n) is 3.92. The Morgan fingerprint density at radius 3 is 2.42 bits per heavy atom. The van der Waals surface area contributed by atoms with Crippen LogP contribution in [0.5, 0.6) is 0 Å². The molecule has 0 atom stereocenters. The van der Waals surface area contributed by atoms with Crippen LogP contribution in [0.4, 0.5) is 0 Å². The number of carbonyl (C=O) groups is 1. The predicted octanol–water partition coefficient (Wildman–Crippen LogP) is 3.69. The highest BCUT2D eigenvalue weighted by atomic mass is 16.1. The average molecular weight is 259 g/mol. The minimum Gasteiger partial charge on any atom is -0.300 e. The second-order valence-electron chi connectivity index (χ2n) is 6.07. The summed E-state index contributed by atoms with van der Waals surface area (Å²) >= 11 is 0. The van der Waals surface area contributed by atoms with E-state index in [4.69, 9.17) is 0 Å². The van der Waals surface area contributed by atoms with Gasteiger partial charge in [-0.05, 0) is 39.5 Å². The van der Waals surface area contributed by atoms with Crippen molar-refractivity contribution >= 4 is 5.78 Å². The molecule has 0 radical (unpaired) electrons. The maximum atomic E-state index is 12.2. The van der Waals surface area contributed by atoms with Gasteiger partial charge in [0.05, 0.1) is 0 Å². The molecule has 1 aromatic rings. The maximum Gasteiger partial charge on any atom is 0.164 e. The van der Waals surface area contributed by atoms with Crippen molar-refractivity contribution < 1.29 is 4.79 Å². The molecule has 0 heterocycles. The number of Topliss-reactive ketones (excluding diaryl/α,β-unsaturated/α-hetero) is 1. The van der Waals surface area contributed by atoms with Crippen LogP contribution in [0.15, 0.2) is 24.3 Å². The zero-order valence-corrected chi connectivity index (χ0v) is 12.4. The summed E-state index contributed by atoms with van der Waals surface area (Å²) in [6.45, 7) is 8.54. The Kier molecular flexibility index (Phi) is 4.76. The van der Waals surface area contributed by atoms with E-state index >= 15 is 0 Å². The summed E-state index contributed by atoms with van der Waals surface area (Å²) in [5.41, 5.74) is 2.05. The maximum absolute atomic E-state index is 12.2. The molecule has 1 aliphatic carbocycles. The molecule has 1 saturated carbocycles. The first-order chi connectivity index (χ1) is 9.06. The highest BCUT2D eigenvalue weighted by Gasteiger charge is 2.25. The van der Waals surface area contributed by atoms with Gasteiger partial charge in [-0.1, -0.05) is 29.8 Å². The zero-order valence-electron chi connectivity index (χ0n) is 12.4. The number of rotatable bonds is 7. The van der Waals surface area contributed by atoms with Gasteiger partial charge >= 0.3 is 0 Å². The molecule has 2 heteroatoms. The predicted molar refractivity (Wildman–Crippen MR) is 79.6 cm³/mol. The Bertz CT molecular complexity index is 417. The van der Waals surface area contributed by atoms with Crippen molar-refractivity contribution in [3.05, 3.63) is 35.4 Å². The number of carbonyl (C=O) groups excluding carboxylic acids is 1. The van der Waals surface area contributed by atoms with E-state index in [1.165, 1.54) is 24.9 Å². The van der Waals surface area contributed by atoms with Crippen LogP contribution in [-0.2, 0) is 0 Å². The largest absolute Gasteiger partial charge is 0.300 e. The quantitative estimate of drug-likeness (QED) is 0.696. The molecule has 2 nitrogen and oxygen atoms in total. The summed E-state index contributed by atoms with van der Waals surface area (Å²) in [6.07, 6.45) is 3.37. The zero-order chi connectivity index (χ0) is 13.8. The second kappa shape index (κ2) is 6.33. The van der Waals surface area contributed by atoms with E-state index in [2.05, 4.69) is 18.7 Å². The Morgan fingerprint density at radius 1 is 1.26 bits per heavy atom. The molecule has 0 bridgehead atoms. The Labute approximate surface area is 116 Å². The van der Waals surface area contributed by atoms with E-state index in [1.807, 2.05) is 31.2 Å². The van der Waals surface area contributed by atoms with Gasteiger partial charge in [0.1, 0.15) is 0 Å². The third kappa shape index (κ3) is 4.46. The normalized spacial score (nSPS) is 15.2. The SMILES string of the molecule is Cc1ccc(C(=O)CCN(CC2CC2)C(C)C)cc1. The molecular weight excluding hydrogens is 234 g/mol. The summed E-state index contributed by atoms with van der Waals surface area (Å²) in [7, 11) is 0. The second-order valence-corrected chi connectivity index (χ2v) is 6.07. The van der Waals surface area contributed by atoms with Crippen molar-refractivity contribution in [2.75, 3.05) is 13.1 Å². The Hall–Kier alpha value is -1.15. The van der Waals surface area contributed by atoms with Gasteiger partial charge in [-0.15, -0.1) is 0 Å². The molecule has 0 N–H and O–H groups in total. The van der Waals surface area contributed by atoms with Crippen LogP contribution in [0.1, 0.15) is 49.0 Å². The van der Waals surface area contributed by atoms with Crippen LogP contribution in [-0.4, -0.2) is 29.8 Å². The molecule has 0 aromatic heterocycles. The van der Waals surface area contributed by atoms with Crippen LogP contribution in [0, 0.1) is 12.8 Å². The van der Waals surface area contributed by atoms with Gasteiger partial charge in [0.2, 0.25) is 0 Å². The molecule has 0 spiro atoms. The molecule has 1 aromatic carbocycles. The fraction of sp³-hybridized carbons (Fsp3) is 0.588. The summed E-state index contributed by atoms with van der Waals surface area (Å²) in [4.78, 5) is 14.6. The Morgan fingerprint density at radius 2 is 1.89 bits per heavy atom. The van der Waals surface area contributed by atoms with Crippen LogP contribution >= 0.6 is 0 Å². The van der Waals surface area contributed by atoms with Crippen molar-refractivity contribution in [2.45, 2.75) is 46.1 Å². The third-order valence-corrected chi connectivity index (χ3v) is 3.92. The lowest BCUT2D eigenvalue weighted by Gasteiger charge is -2.26. The van der Waals surface area contributed by atoms with Crippen molar-refractivity contribution in [1.29, 1.82) is 0 Å². The number of ketones is 1. The molecule has 104 valence electrons. The van der Waals surface area contributed by atoms with Crippen LogP contribution in [0.3, 0.4) is 0 Å². The van der Waals surface area contributed by atoms with Crippen LogP contribution in [0.25, 0.3) is 0 Å². The fourth-order valence-corrected chi connectivity index (χ4v) is 2.32. The Balaban J connectivity index is 1.85. The number of hydrogen-bond donors (Lipinski definition) is 0. The number of aryl methyl sites for hydroxylation is 1. The van der Waals surface area contributed by atoms with Gasteiger partial charge in [-0.2, -0.15) is 0 Å². The van der Waals surface area contributed by atoms with Crippen molar-refractivity contribution in [3.63, 3.8) is 0 Å². The van der Waals surface area contributed by atoms with E-state index in [0.717, 1.165) is 18.0 Å². The van der Waals surface area contributed by atoms with Gasteiger partial charge in [0.15, 0.2) is 5.78 Å². The molecule has 19 heavy (non-hydrogen) atoms. The summed E-state index contributed by atoms with van der Waals surface area (Å²) in [5.74, 6) is 1.15. The van der Waals surface area contributed by atoms with E-state index in [-0.39, 0.29) is 5.78 Å². The number of benzene rings is 1. The van der Waals surface area contributed by atoms with Gasteiger partial charge in [0, 0.05) is 31.1 Å². The van der Waals surface area contributed by atoms with Gasteiger partial charge < -0.3 is 4.90 Å². The fourth-order valence-electron chi connectivity index (χ4n) is 2.32. The first-order valence-electron chi connectivity index (χ1n) is 7.40. The van der Waals surface area contributed by atoms with Crippen molar-refractivity contribution in [3.8, 4) is 0 Å². The summed E-state index contributed by atoms with van der Waals surface area (Å²) in [5, 5.41) is 0. The van der Waals surface area contributed by atoms with Crippen molar-refractivity contribution in [1.82, 2.24) is 4.90 Å². The van der Waals surface area contributed by atoms with E-state index in [0.29, 0.717) is 12.5 Å². The smallest absolute Gasteiger partial charge is 0.164 e. The lowest BCUT2D eigenvalue weighted by molar-refractivity contribution is 0.0953. The van der Waals surface area contributed by atoms with Crippen molar-refractivity contribution in [2.24, 2.45) is 5.92 Å². The van der Waals surface area contributed by atoms with E-state index in [1.54, 1.807) is 0 Å². The number of hydrogen-bond acceptors (Lipinski definition) is 2. The average Bonchev–Trinajstić information content (AvgIpc) is 3.18. The molecule has 1 aliphatic rings.